The molecule has 0 saturated carbocycles. The largest absolute Gasteiger partial charge is 0.349 e. The second-order valence-corrected chi connectivity index (χ2v) is 3.03. The fourth-order valence-corrected chi connectivity index (χ4v) is 1.43. The first-order valence-electron chi connectivity index (χ1n) is 3.06. The molecule has 2 aromatic heterocycles. The Morgan fingerprint density at radius 3 is 3.09 bits per heavy atom. The monoisotopic (exact) mass is 214 g/mol. The van der Waals surface area contributed by atoms with Crippen LogP contribution in [-0.4, -0.2) is 9.97 Å². The molecule has 0 aliphatic heterocycles. The lowest BCUT2D eigenvalue weighted by Crippen LogP contribution is -1.79. The molecule has 0 aromatic carbocycles. The topological polar surface area (TPSA) is 28.7 Å². The number of aromatic nitrogens is 2. The van der Waals surface area contributed by atoms with Crippen molar-refractivity contribution in [1.29, 1.82) is 0 Å². The van der Waals surface area contributed by atoms with Crippen molar-refractivity contribution >= 4 is 26.8 Å². The van der Waals surface area contributed by atoms with E-state index in [1.54, 1.807) is 12.1 Å². The molecule has 2 nitrogen and oxygen atoms in total. The van der Waals surface area contributed by atoms with Gasteiger partial charge in [-0.25, -0.2) is 4.98 Å². The number of halogens is 2. The first-order valence-corrected chi connectivity index (χ1v) is 3.85. The molecule has 4 heteroatoms. The molecule has 0 aliphatic rings. The molecular formula is C7H4BrFN2. The van der Waals surface area contributed by atoms with Crippen molar-refractivity contribution < 1.29 is 4.39 Å². The first-order chi connectivity index (χ1) is 5.27. The van der Waals surface area contributed by atoms with Gasteiger partial charge in [0.05, 0.1) is 15.5 Å². The smallest absolute Gasteiger partial charge is 0.222 e. The summed E-state index contributed by atoms with van der Waals surface area (Å²) < 4.78 is 13.6. The number of fused-ring (bicyclic) bond motifs is 1. The Morgan fingerprint density at radius 1 is 1.55 bits per heavy atom. The highest BCUT2D eigenvalue weighted by Crippen LogP contribution is 2.19. The summed E-state index contributed by atoms with van der Waals surface area (Å²) in [6.07, 6.45) is 1.43. The third-order valence-electron chi connectivity index (χ3n) is 1.47. The molecule has 2 heterocycles. The summed E-state index contributed by atoms with van der Waals surface area (Å²) in [6, 6.07) is 3.39. The highest BCUT2D eigenvalue weighted by molar-refractivity contribution is 9.10. The van der Waals surface area contributed by atoms with E-state index >= 15 is 0 Å². The summed E-state index contributed by atoms with van der Waals surface area (Å²) in [6.45, 7) is 0. The van der Waals surface area contributed by atoms with Crippen LogP contribution in [0.1, 0.15) is 0 Å². The molecule has 11 heavy (non-hydrogen) atoms. The van der Waals surface area contributed by atoms with Crippen LogP contribution in [0.15, 0.2) is 22.9 Å². The maximum Gasteiger partial charge on any atom is 0.222 e. The average molecular weight is 215 g/mol. The molecule has 0 radical (unpaired) electrons. The highest BCUT2D eigenvalue weighted by atomic mass is 79.9. The molecule has 0 saturated heterocycles. The standard InChI is InChI=1S/C7H4BrFN2/c8-6-3-4-5(11-6)1-2-10-7(4)9/h1-3,11H. The molecule has 56 valence electrons. The van der Waals surface area contributed by atoms with Gasteiger partial charge >= 0.3 is 0 Å². The zero-order chi connectivity index (χ0) is 7.84. The number of H-pyrrole nitrogens is 1. The second-order valence-electron chi connectivity index (χ2n) is 2.18. The number of nitrogens with zero attached hydrogens (tertiary/aromatic N) is 1. The van der Waals surface area contributed by atoms with E-state index in [-0.39, 0.29) is 0 Å². The van der Waals surface area contributed by atoms with Crippen LogP contribution < -0.4 is 0 Å². The van der Waals surface area contributed by atoms with Crippen molar-refractivity contribution in [1.82, 2.24) is 9.97 Å². The predicted octanol–water partition coefficient (Wildman–Crippen LogP) is 2.46. The van der Waals surface area contributed by atoms with Crippen LogP contribution in [0.3, 0.4) is 0 Å². The fraction of sp³-hybridized carbons (Fsp3) is 0. The van der Waals surface area contributed by atoms with Gasteiger partial charge in [0.2, 0.25) is 5.95 Å². The molecule has 0 aliphatic carbocycles. The maximum atomic E-state index is 12.8. The minimum Gasteiger partial charge on any atom is -0.349 e. The Hall–Kier alpha value is -0.900. The van der Waals surface area contributed by atoms with Gasteiger partial charge in [-0.2, -0.15) is 4.39 Å². The lowest BCUT2D eigenvalue weighted by Gasteiger charge is -1.87. The van der Waals surface area contributed by atoms with E-state index in [0.29, 0.717) is 5.39 Å². The van der Waals surface area contributed by atoms with Crippen LogP contribution in [0.25, 0.3) is 10.9 Å². The van der Waals surface area contributed by atoms with Crippen molar-refractivity contribution in [3.05, 3.63) is 28.9 Å². The maximum absolute atomic E-state index is 12.8. The number of hydrogen-bond donors (Lipinski definition) is 1. The molecule has 0 unspecified atom stereocenters. The van der Waals surface area contributed by atoms with Gasteiger partial charge in [0.25, 0.3) is 0 Å². The molecule has 2 aromatic rings. The van der Waals surface area contributed by atoms with E-state index < -0.39 is 5.95 Å². The summed E-state index contributed by atoms with van der Waals surface area (Å²) in [7, 11) is 0. The van der Waals surface area contributed by atoms with Crippen LogP contribution >= 0.6 is 15.9 Å². The predicted molar refractivity (Wildman–Crippen MR) is 43.8 cm³/mol. The quantitative estimate of drug-likeness (QED) is 0.671. The third kappa shape index (κ3) is 1.03. The van der Waals surface area contributed by atoms with Crippen LogP contribution in [0.4, 0.5) is 4.39 Å². The van der Waals surface area contributed by atoms with Crippen LogP contribution in [0.2, 0.25) is 0 Å². The molecule has 2 rings (SSSR count). The number of rotatable bonds is 0. The molecule has 0 spiro atoms. The lowest BCUT2D eigenvalue weighted by atomic mass is 10.3. The molecule has 0 amide bonds. The van der Waals surface area contributed by atoms with Crippen molar-refractivity contribution in [2.45, 2.75) is 0 Å². The normalized spacial score (nSPS) is 10.7. The van der Waals surface area contributed by atoms with Crippen LogP contribution in [-0.2, 0) is 0 Å². The molecule has 0 bridgehead atoms. The Bertz CT molecular complexity index is 396. The summed E-state index contributed by atoms with van der Waals surface area (Å²) >= 11 is 3.21. The zero-order valence-electron chi connectivity index (χ0n) is 5.44. The number of nitrogens with one attached hydrogen (secondary N) is 1. The van der Waals surface area contributed by atoms with Gasteiger partial charge in [0, 0.05) is 6.20 Å². The summed E-state index contributed by atoms with van der Waals surface area (Å²) in [5, 5.41) is 0.513. The number of aromatic amines is 1. The highest BCUT2D eigenvalue weighted by Gasteiger charge is 2.02. The summed E-state index contributed by atoms with van der Waals surface area (Å²) in [4.78, 5) is 6.45. The third-order valence-corrected chi connectivity index (χ3v) is 1.89. The van der Waals surface area contributed by atoms with Crippen molar-refractivity contribution in [2.75, 3.05) is 0 Å². The zero-order valence-corrected chi connectivity index (χ0v) is 7.02. The average Bonchev–Trinajstić information content (AvgIpc) is 2.31. The van der Waals surface area contributed by atoms with Gasteiger partial charge < -0.3 is 4.98 Å². The first kappa shape index (κ1) is 6.79. The molecular weight excluding hydrogens is 211 g/mol. The van der Waals surface area contributed by atoms with Gasteiger partial charge in [-0.1, -0.05) is 0 Å². The minimum absolute atomic E-state index is 0.440. The van der Waals surface area contributed by atoms with E-state index in [4.69, 9.17) is 0 Å². The SMILES string of the molecule is Fc1nccc2[nH]c(Br)cc12. The van der Waals surface area contributed by atoms with Crippen molar-refractivity contribution in [3.8, 4) is 0 Å². The van der Waals surface area contributed by atoms with Gasteiger partial charge in [0.15, 0.2) is 0 Å². The van der Waals surface area contributed by atoms with E-state index in [9.17, 15) is 4.39 Å². The van der Waals surface area contributed by atoms with Gasteiger partial charge in [-0.05, 0) is 28.1 Å². The minimum atomic E-state index is -0.440. The number of pyridine rings is 1. The Balaban J connectivity index is 2.90. The summed E-state index contributed by atoms with van der Waals surface area (Å²) in [5.41, 5.74) is 0.754. The Morgan fingerprint density at radius 2 is 2.36 bits per heavy atom. The molecule has 0 fully saturated rings. The Labute approximate surface area is 70.6 Å². The molecule has 1 N–H and O–H groups in total. The van der Waals surface area contributed by atoms with Crippen molar-refractivity contribution in [2.24, 2.45) is 0 Å². The van der Waals surface area contributed by atoms with Crippen LogP contribution in [0.5, 0.6) is 0 Å². The van der Waals surface area contributed by atoms with Gasteiger partial charge in [0.1, 0.15) is 0 Å². The molecule has 0 atom stereocenters. The van der Waals surface area contributed by atoms with E-state index in [1.807, 2.05) is 0 Å². The van der Waals surface area contributed by atoms with E-state index in [2.05, 4.69) is 25.9 Å². The van der Waals surface area contributed by atoms with E-state index in [0.717, 1.165) is 10.1 Å². The lowest BCUT2D eigenvalue weighted by molar-refractivity contribution is 0.597. The van der Waals surface area contributed by atoms with E-state index in [1.165, 1.54) is 6.20 Å². The Kier molecular flexibility index (Phi) is 1.42. The van der Waals surface area contributed by atoms with Crippen molar-refractivity contribution in [3.63, 3.8) is 0 Å². The van der Waals surface area contributed by atoms with Gasteiger partial charge in [-0.3, -0.25) is 0 Å². The van der Waals surface area contributed by atoms with Gasteiger partial charge in [-0.15, -0.1) is 0 Å². The fourth-order valence-electron chi connectivity index (χ4n) is 0.985. The second kappa shape index (κ2) is 2.30. The number of hydrogen-bond acceptors (Lipinski definition) is 1. The van der Waals surface area contributed by atoms with Crippen LogP contribution in [0, 0.1) is 5.95 Å². The summed E-state index contributed by atoms with van der Waals surface area (Å²) in [5.74, 6) is -0.440.